The minimum Gasteiger partial charge on any atom is -0.394 e. The first-order valence-corrected chi connectivity index (χ1v) is 6.31. The Morgan fingerprint density at radius 1 is 1.55 bits per heavy atom. The van der Waals surface area contributed by atoms with Crippen molar-refractivity contribution in [1.29, 1.82) is 0 Å². The summed E-state index contributed by atoms with van der Waals surface area (Å²) in [7, 11) is 0. The van der Waals surface area contributed by atoms with E-state index >= 15 is 0 Å². The molecule has 1 aliphatic rings. The first kappa shape index (κ1) is 14.4. The second kappa shape index (κ2) is 5.54. The number of hydrogen-bond acceptors (Lipinski definition) is 4. The van der Waals surface area contributed by atoms with Crippen molar-refractivity contribution >= 4 is 11.6 Å². The van der Waals surface area contributed by atoms with Gasteiger partial charge in [0.1, 0.15) is 5.82 Å². The van der Waals surface area contributed by atoms with Gasteiger partial charge in [0, 0.05) is 18.2 Å². The summed E-state index contributed by atoms with van der Waals surface area (Å²) in [5, 5.41) is 20.0. The Morgan fingerprint density at radius 2 is 2.25 bits per heavy atom. The zero-order chi connectivity index (χ0) is 14.9. The average molecular weight is 282 g/mol. The number of carbonyl (C=O) groups is 1. The molecular weight excluding hydrogens is 267 g/mol. The molecule has 2 unspecified atom stereocenters. The lowest BCUT2D eigenvalue weighted by atomic mass is 10.0. The van der Waals surface area contributed by atoms with Crippen LogP contribution in [0.4, 0.5) is 10.1 Å². The van der Waals surface area contributed by atoms with Crippen LogP contribution >= 0.6 is 0 Å². The van der Waals surface area contributed by atoms with Gasteiger partial charge in [0.25, 0.3) is 11.6 Å². The third kappa shape index (κ3) is 2.62. The highest BCUT2D eigenvalue weighted by Gasteiger charge is 2.34. The molecule has 20 heavy (non-hydrogen) atoms. The summed E-state index contributed by atoms with van der Waals surface area (Å²) in [6.45, 7) is 2.20. The standard InChI is InChI=1S/C13H15FN2O4/c1-8-2-3-15(12(8)7-17)13(18)9-4-10(14)6-11(5-9)16(19)20/h4-6,8,12,17H,2-3,7H2,1H3. The Hall–Kier alpha value is -2.02. The van der Waals surface area contributed by atoms with Crippen LogP contribution in [0.1, 0.15) is 23.7 Å². The van der Waals surface area contributed by atoms with E-state index in [-0.39, 0.29) is 24.1 Å². The predicted molar refractivity (Wildman–Crippen MR) is 68.7 cm³/mol. The molecule has 6 nitrogen and oxygen atoms in total. The van der Waals surface area contributed by atoms with Gasteiger partial charge in [-0.2, -0.15) is 0 Å². The van der Waals surface area contributed by atoms with Crippen LogP contribution in [-0.2, 0) is 0 Å². The van der Waals surface area contributed by atoms with E-state index in [2.05, 4.69) is 0 Å². The van der Waals surface area contributed by atoms with Gasteiger partial charge in [-0.25, -0.2) is 4.39 Å². The molecule has 108 valence electrons. The van der Waals surface area contributed by atoms with Crippen LogP contribution in [-0.4, -0.2) is 40.0 Å². The van der Waals surface area contributed by atoms with Gasteiger partial charge in [-0.05, 0) is 18.4 Å². The lowest BCUT2D eigenvalue weighted by Gasteiger charge is -2.25. The van der Waals surface area contributed by atoms with Gasteiger partial charge in [-0.1, -0.05) is 6.92 Å². The quantitative estimate of drug-likeness (QED) is 0.674. The monoisotopic (exact) mass is 282 g/mol. The number of aliphatic hydroxyl groups excluding tert-OH is 1. The highest BCUT2D eigenvalue weighted by molar-refractivity contribution is 5.95. The molecule has 0 spiro atoms. The van der Waals surface area contributed by atoms with Gasteiger partial charge in [-0.15, -0.1) is 0 Å². The van der Waals surface area contributed by atoms with Gasteiger partial charge in [0.05, 0.1) is 23.6 Å². The first-order chi connectivity index (χ1) is 9.43. The molecule has 1 aromatic carbocycles. The van der Waals surface area contributed by atoms with Crippen molar-refractivity contribution in [3.8, 4) is 0 Å². The SMILES string of the molecule is CC1CCN(C(=O)c2cc(F)cc([N+](=O)[O-])c2)C1CO. The highest BCUT2D eigenvalue weighted by Crippen LogP contribution is 2.26. The van der Waals surface area contributed by atoms with E-state index in [9.17, 15) is 24.4 Å². The number of hydrogen-bond donors (Lipinski definition) is 1. The second-order valence-electron chi connectivity index (χ2n) is 4.97. The van der Waals surface area contributed by atoms with Crippen molar-refractivity contribution in [1.82, 2.24) is 4.90 Å². The van der Waals surface area contributed by atoms with Crippen molar-refractivity contribution < 1.29 is 19.2 Å². The van der Waals surface area contributed by atoms with E-state index in [1.165, 1.54) is 4.90 Å². The number of nitro benzene ring substituents is 1. The highest BCUT2D eigenvalue weighted by atomic mass is 19.1. The topological polar surface area (TPSA) is 83.7 Å². The molecule has 1 N–H and O–H groups in total. The molecule has 0 saturated carbocycles. The second-order valence-corrected chi connectivity index (χ2v) is 4.97. The van der Waals surface area contributed by atoms with Crippen LogP contribution in [0.15, 0.2) is 18.2 Å². The number of amides is 1. The summed E-state index contributed by atoms with van der Waals surface area (Å²) in [6.07, 6.45) is 0.744. The molecule has 1 saturated heterocycles. The fourth-order valence-electron chi connectivity index (χ4n) is 2.51. The maximum absolute atomic E-state index is 13.4. The third-order valence-electron chi connectivity index (χ3n) is 3.67. The van der Waals surface area contributed by atoms with Gasteiger partial charge >= 0.3 is 0 Å². The summed E-state index contributed by atoms with van der Waals surface area (Å²) in [6, 6.07) is 2.48. The maximum atomic E-state index is 13.4. The summed E-state index contributed by atoms with van der Waals surface area (Å²) in [5.74, 6) is -1.17. The number of halogens is 1. The number of rotatable bonds is 3. The third-order valence-corrected chi connectivity index (χ3v) is 3.67. The van der Waals surface area contributed by atoms with Crippen molar-refractivity contribution in [3.63, 3.8) is 0 Å². The van der Waals surface area contributed by atoms with Crippen molar-refractivity contribution in [2.75, 3.05) is 13.2 Å². The molecule has 2 rings (SSSR count). The molecule has 0 aliphatic carbocycles. The Bertz CT molecular complexity index is 549. The van der Waals surface area contributed by atoms with E-state index in [1.807, 2.05) is 6.92 Å². The van der Waals surface area contributed by atoms with E-state index in [1.54, 1.807) is 0 Å². The molecule has 1 aromatic rings. The number of nitro groups is 1. The number of non-ortho nitro benzene ring substituents is 1. The normalized spacial score (nSPS) is 22.1. The summed E-state index contributed by atoms with van der Waals surface area (Å²) in [4.78, 5) is 23.7. The van der Waals surface area contributed by atoms with Crippen LogP contribution in [0.2, 0.25) is 0 Å². The average Bonchev–Trinajstić information content (AvgIpc) is 2.78. The van der Waals surface area contributed by atoms with Crippen molar-refractivity contribution in [2.45, 2.75) is 19.4 Å². The van der Waals surface area contributed by atoms with Gasteiger partial charge < -0.3 is 10.0 Å². The molecule has 1 heterocycles. The Labute approximate surface area is 115 Å². The summed E-state index contributed by atoms with van der Waals surface area (Å²) in [5.41, 5.74) is -0.523. The van der Waals surface area contributed by atoms with Crippen molar-refractivity contribution in [3.05, 3.63) is 39.7 Å². The fourth-order valence-corrected chi connectivity index (χ4v) is 2.51. The summed E-state index contributed by atoms with van der Waals surface area (Å²) >= 11 is 0. The van der Waals surface area contributed by atoms with Gasteiger partial charge in [0.2, 0.25) is 0 Å². The number of likely N-dealkylation sites (tertiary alicyclic amines) is 1. The van der Waals surface area contributed by atoms with E-state index in [0.717, 1.165) is 24.6 Å². The van der Waals surface area contributed by atoms with E-state index in [4.69, 9.17) is 0 Å². The minimum atomic E-state index is -0.824. The first-order valence-electron chi connectivity index (χ1n) is 6.31. The zero-order valence-corrected chi connectivity index (χ0v) is 11.0. The smallest absolute Gasteiger partial charge is 0.273 e. The molecule has 0 aromatic heterocycles. The van der Waals surface area contributed by atoms with Crippen LogP contribution in [0.25, 0.3) is 0 Å². The Kier molecular flexibility index (Phi) is 3.99. The van der Waals surface area contributed by atoms with E-state index in [0.29, 0.717) is 6.54 Å². The molecule has 7 heteroatoms. The van der Waals surface area contributed by atoms with Gasteiger partial charge in [0.15, 0.2) is 0 Å². The summed E-state index contributed by atoms with van der Waals surface area (Å²) < 4.78 is 13.4. The van der Waals surface area contributed by atoms with Crippen LogP contribution < -0.4 is 0 Å². The molecule has 0 radical (unpaired) electrons. The largest absolute Gasteiger partial charge is 0.394 e. The predicted octanol–water partition coefficient (Wildman–Crippen LogP) is 1.58. The molecule has 1 amide bonds. The Morgan fingerprint density at radius 3 is 2.85 bits per heavy atom. The molecule has 0 bridgehead atoms. The lowest BCUT2D eigenvalue weighted by molar-refractivity contribution is -0.385. The van der Waals surface area contributed by atoms with E-state index < -0.39 is 22.3 Å². The minimum absolute atomic E-state index is 0.0655. The number of nitrogens with zero attached hydrogens (tertiary/aromatic N) is 2. The molecular formula is C13H15FN2O4. The number of aliphatic hydroxyl groups is 1. The maximum Gasteiger partial charge on any atom is 0.273 e. The fraction of sp³-hybridized carbons (Fsp3) is 0.462. The lowest BCUT2D eigenvalue weighted by Crippen LogP contribution is -2.39. The Balaban J connectivity index is 2.32. The molecule has 1 aliphatic heterocycles. The molecule has 2 atom stereocenters. The van der Waals surface area contributed by atoms with Crippen LogP contribution in [0.5, 0.6) is 0 Å². The zero-order valence-electron chi connectivity index (χ0n) is 11.0. The van der Waals surface area contributed by atoms with Crippen molar-refractivity contribution in [2.24, 2.45) is 5.92 Å². The van der Waals surface area contributed by atoms with Crippen LogP contribution in [0, 0.1) is 21.8 Å². The van der Waals surface area contributed by atoms with Crippen LogP contribution in [0.3, 0.4) is 0 Å². The molecule has 1 fully saturated rings. The number of carbonyl (C=O) groups excluding carboxylic acids is 1. The number of benzene rings is 1. The van der Waals surface area contributed by atoms with Gasteiger partial charge in [-0.3, -0.25) is 14.9 Å².